The summed E-state index contributed by atoms with van der Waals surface area (Å²) in [7, 11) is -1.37. The molecule has 2 heterocycles. The van der Waals surface area contributed by atoms with Gasteiger partial charge in [0.15, 0.2) is 0 Å². The molecule has 0 atom stereocenters. The van der Waals surface area contributed by atoms with E-state index in [1.54, 1.807) is 12.1 Å². The number of nitrogens with one attached hydrogen (secondary N) is 1. The molecule has 0 aliphatic carbocycles. The van der Waals surface area contributed by atoms with Crippen molar-refractivity contribution in [3.63, 3.8) is 0 Å². The van der Waals surface area contributed by atoms with E-state index in [1.807, 2.05) is 31.2 Å². The van der Waals surface area contributed by atoms with Crippen LogP contribution in [0.4, 0.5) is 11.4 Å². The number of piperidine rings is 1. The molecule has 1 N–H and O–H groups in total. The lowest BCUT2D eigenvalue weighted by Crippen LogP contribution is -2.44. The lowest BCUT2D eigenvalue weighted by molar-refractivity contribution is -0.120. The molecule has 0 spiro atoms. The maximum atomic E-state index is 12.9. The molecule has 2 aliphatic rings. The van der Waals surface area contributed by atoms with Crippen LogP contribution in [0.5, 0.6) is 0 Å². The van der Waals surface area contributed by atoms with Crippen LogP contribution < -0.4 is 10.2 Å². The van der Waals surface area contributed by atoms with Crippen molar-refractivity contribution in [1.29, 1.82) is 0 Å². The Kier molecular flexibility index (Phi) is 6.83. The molecule has 0 radical (unpaired) electrons. The summed E-state index contributed by atoms with van der Waals surface area (Å²) in [6, 6.07) is 14.9. The quantitative estimate of drug-likeness (QED) is 0.749. The highest BCUT2D eigenvalue weighted by Crippen LogP contribution is 2.26. The molecule has 2 fully saturated rings. The average molecular weight is 457 g/mol. The van der Waals surface area contributed by atoms with E-state index in [1.165, 1.54) is 9.99 Å². The fourth-order valence-corrected chi connectivity index (χ4v) is 5.75. The van der Waals surface area contributed by atoms with Crippen molar-refractivity contribution >= 4 is 27.3 Å². The van der Waals surface area contributed by atoms with E-state index in [4.69, 9.17) is 0 Å². The monoisotopic (exact) mass is 456 g/mol. The molecule has 7 nitrogen and oxygen atoms in total. The Balaban J connectivity index is 1.30. The molecular weight excluding hydrogens is 424 g/mol. The fraction of sp³-hybridized carbons (Fsp3) is 0.458. The first-order valence-electron chi connectivity index (χ1n) is 11.2. The highest BCUT2D eigenvalue weighted by molar-refractivity contribution is 7.89. The van der Waals surface area contributed by atoms with Gasteiger partial charge in [-0.3, -0.25) is 4.79 Å². The average Bonchev–Trinajstić information content (AvgIpc) is 2.80. The lowest BCUT2D eigenvalue weighted by Gasteiger charge is -2.34. The summed E-state index contributed by atoms with van der Waals surface area (Å²) < 4.78 is 27.2. The van der Waals surface area contributed by atoms with Crippen molar-refractivity contribution in [3.05, 3.63) is 54.1 Å². The van der Waals surface area contributed by atoms with Crippen LogP contribution in [0.25, 0.3) is 0 Å². The summed E-state index contributed by atoms with van der Waals surface area (Å²) in [5, 5.41) is 3.01. The Labute approximate surface area is 191 Å². The van der Waals surface area contributed by atoms with Crippen LogP contribution in [0, 0.1) is 12.8 Å². The first-order chi connectivity index (χ1) is 15.3. The van der Waals surface area contributed by atoms with Gasteiger partial charge in [0.2, 0.25) is 15.9 Å². The largest absolute Gasteiger partial charge is 0.369 e. The maximum Gasteiger partial charge on any atom is 0.243 e. The SMILES string of the molecule is Cc1ccc(S(=O)(=O)N2CCC(C(=O)Nc3ccc(N4CCN(C)CC4)cc3)CC2)cc1. The van der Waals surface area contributed by atoms with E-state index in [-0.39, 0.29) is 11.8 Å². The minimum absolute atomic E-state index is 0.0373. The van der Waals surface area contributed by atoms with E-state index in [2.05, 4.69) is 34.3 Å². The number of aryl methyl sites for hydroxylation is 1. The van der Waals surface area contributed by atoms with Crippen LogP contribution in [0.15, 0.2) is 53.4 Å². The number of hydrogen-bond donors (Lipinski definition) is 1. The third-order valence-electron chi connectivity index (χ3n) is 6.49. The van der Waals surface area contributed by atoms with Gasteiger partial charge >= 0.3 is 0 Å². The molecule has 0 unspecified atom stereocenters. The van der Waals surface area contributed by atoms with Crippen LogP contribution in [0.1, 0.15) is 18.4 Å². The highest BCUT2D eigenvalue weighted by Gasteiger charge is 2.32. The zero-order valence-electron chi connectivity index (χ0n) is 18.8. The Morgan fingerprint density at radius 3 is 2.06 bits per heavy atom. The summed E-state index contributed by atoms with van der Waals surface area (Å²) in [6.45, 7) is 6.76. The van der Waals surface area contributed by atoms with Crippen molar-refractivity contribution in [2.24, 2.45) is 5.92 Å². The van der Waals surface area contributed by atoms with Gasteiger partial charge in [0, 0.05) is 56.6 Å². The minimum Gasteiger partial charge on any atom is -0.369 e. The topological polar surface area (TPSA) is 73.0 Å². The minimum atomic E-state index is -3.51. The van der Waals surface area contributed by atoms with Gasteiger partial charge in [0.05, 0.1) is 4.90 Å². The van der Waals surface area contributed by atoms with Crippen LogP contribution in [-0.2, 0) is 14.8 Å². The predicted octanol–water partition coefficient (Wildman–Crippen LogP) is 2.79. The number of benzene rings is 2. The summed E-state index contributed by atoms with van der Waals surface area (Å²) in [6.07, 6.45) is 1.05. The molecule has 4 rings (SSSR count). The number of anilines is 2. The number of carbonyl (C=O) groups excluding carboxylic acids is 1. The van der Waals surface area contributed by atoms with E-state index < -0.39 is 10.0 Å². The third kappa shape index (κ3) is 5.14. The van der Waals surface area contributed by atoms with Gasteiger partial charge in [0.1, 0.15) is 0 Å². The van der Waals surface area contributed by atoms with Crippen molar-refractivity contribution < 1.29 is 13.2 Å². The third-order valence-corrected chi connectivity index (χ3v) is 8.40. The second-order valence-electron chi connectivity index (χ2n) is 8.82. The number of nitrogens with zero attached hydrogens (tertiary/aromatic N) is 3. The van der Waals surface area contributed by atoms with Crippen molar-refractivity contribution in [2.45, 2.75) is 24.7 Å². The molecule has 2 aromatic rings. The first-order valence-corrected chi connectivity index (χ1v) is 12.7. The van der Waals surface area contributed by atoms with Gasteiger partial charge in [-0.2, -0.15) is 4.31 Å². The molecule has 172 valence electrons. The Bertz CT molecular complexity index is 1020. The van der Waals surface area contributed by atoms with Gasteiger partial charge in [-0.25, -0.2) is 8.42 Å². The number of sulfonamides is 1. The second kappa shape index (κ2) is 9.60. The molecule has 2 aromatic carbocycles. The Hall–Kier alpha value is -2.42. The first kappa shape index (κ1) is 22.8. The standard InChI is InChI=1S/C24H32N4O3S/c1-19-3-9-23(10-4-19)32(30,31)28-13-11-20(12-14-28)24(29)25-21-5-7-22(8-6-21)27-17-15-26(2)16-18-27/h3-10,20H,11-18H2,1-2H3,(H,25,29). The van der Waals surface area contributed by atoms with Gasteiger partial charge in [-0.05, 0) is 63.2 Å². The van der Waals surface area contributed by atoms with Crippen LogP contribution in [0.3, 0.4) is 0 Å². The highest BCUT2D eigenvalue weighted by atomic mass is 32.2. The van der Waals surface area contributed by atoms with Gasteiger partial charge in [-0.15, -0.1) is 0 Å². The molecule has 0 aromatic heterocycles. The summed E-state index contributed by atoms with van der Waals surface area (Å²) in [5.41, 5.74) is 2.98. The number of hydrogen-bond acceptors (Lipinski definition) is 5. The Morgan fingerprint density at radius 2 is 1.47 bits per heavy atom. The normalized spacial score (nSPS) is 19.1. The molecule has 32 heavy (non-hydrogen) atoms. The molecule has 0 saturated carbocycles. The van der Waals surface area contributed by atoms with Crippen LogP contribution >= 0.6 is 0 Å². The fourth-order valence-electron chi connectivity index (χ4n) is 4.28. The molecule has 1 amide bonds. The zero-order chi connectivity index (χ0) is 22.7. The number of likely N-dealkylation sites (N-methyl/N-ethyl adjacent to an activating group) is 1. The molecule has 0 bridgehead atoms. The van der Waals surface area contributed by atoms with Crippen molar-refractivity contribution in [2.75, 3.05) is 56.5 Å². The van der Waals surface area contributed by atoms with Crippen LogP contribution in [-0.4, -0.2) is 69.8 Å². The van der Waals surface area contributed by atoms with E-state index in [0.29, 0.717) is 30.8 Å². The second-order valence-corrected chi connectivity index (χ2v) is 10.8. The number of carbonyl (C=O) groups is 1. The van der Waals surface area contributed by atoms with E-state index in [9.17, 15) is 13.2 Å². The summed E-state index contributed by atoms with van der Waals surface area (Å²) >= 11 is 0. The molecule has 2 saturated heterocycles. The predicted molar refractivity (Wildman–Crippen MR) is 127 cm³/mol. The summed E-state index contributed by atoms with van der Waals surface area (Å²) in [4.78, 5) is 17.7. The smallest absolute Gasteiger partial charge is 0.243 e. The van der Waals surface area contributed by atoms with Gasteiger partial charge < -0.3 is 15.1 Å². The molecule has 2 aliphatic heterocycles. The van der Waals surface area contributed by atoms with Gasteiger partial charge in [-0.1, -0.05) is 17.7 Å². The molecular formula is C24H32N4O3S. The van der Waals surface area contributed by atoms with E-state index in [0.717, 1.165) is 37.4 Å². The number of amides is 1. The number of rotatable bonds is 5. The maximum absolute atomic E-state index is 12.9. The Morgan fingerprint density at radius 1 is 0.875 bits per heavy atom. The lowest BCUT2D eigenvalue weighted by atomic mass is 9.97. The van der Waals surface area contributed by atoms with Gasteiger partial charge in [0.25, 0.3) is 0 Å². The zero-order valence-corrected chi connectivity index (χ0v) is 19.6. The van der Waals surface area contributed by atoms with Crippen LogP contribution in [0.2, 0.25) is 0 Å². The summed E-state index contributed by atoms with van der Waals surface area (Å²) in [5.74, 6) is -0.221. The number of piperazine rings is 1. The van der Waals surface area contributed by atoms with Crippen molar-refractivity contribution in [3.8, 4) is 0 Å². The van der Waals surface area contributed by atoms with E-state index >= 15 is 0 Å². The molecule has 8 heteroatoms. The van der Waals surface area contributed by atoms with Crippen molar-refractivity contribution in [1.82, 2.24) is 9.21 Å².